The monoisotopic (exact) mass is 496 g/mol. The number of alkyl halides is 2. The lowest BCUT2D eigenvalue weighted by Gasteiger charge is -2.18. The zero-order valence-electron chi connectivity index (χ0n) is 19.8. The zero-order valence-corrected chi connectivity index (χ0v) is 19.8. The average molecular weight is 497 g/mol. The molecule has 5 rings (SSSR count). The molecular formula is C29H22F2N4O2. The number of benzene rings is 2. The van der Waals surface area contributed by atoms with Crippen LogP contribution in [0.3, 0.4) is 0 Å². The Labute approximate surface area is 211 Å². The van der Waals surface area contributed by atoms with Gasteiger partial charge in [0.05, 0.1) is 23.6 Å². The maximum atomic E-state index is 13.7. The predicted molar refractivity (Wildman–Crippen MR) is 137 cm³/mol. The molecule has 0 N–H and O–H groups in total. The number of rotatable bonds is 6. The molecule has 1 aliphatic heterocycles. The van der Waals surface area contributed by atoms with Crippen molar-refractivity contribution >= 4 is 45.6 Å². The van der Waals surface area contributed by atoms with E-state index in [9.17, 15) is 18.4 Å². The minimum atomic E-state index is -3.09. The molecule has 1 aliphatic rings. The second-order valence-corrected chi connectivity index (χ2v) is 9.07. The summed E-state index contributed by atoms with van der Waals surface area (Å²) < 4.78 is 27.4. The van der Waals surface area contributed by atoms with Crippen LogP contribution >= 0.6 is 0 Å². The van der Waals surface area contributed by atoms with Crippen molar-refractivity contribution in [3.63, 3.8) is 0 Å². The molecule has 0 aliphatic carbocycles. The molecule has 1 atom stereocenters. The first kappa shape index (κ1) is 24.2. The van der Waals surface area contributed by atoms with Crippen LogP contribution in [0.2, 0.25) is 0 Å². The fourth-order valence-electron chi connectivity index (χ4n) is 4.59. The molecule has 0 bridgehead atoms. The van der Waals surface area contributed by atoms with Crippen LogP contribution in [-0.2, 0) is 4.79 Å². The van der Waals surface area contributed by atoms with Crippen molar-refractivity contribution < 1.29 is 18.4 Å². The molecule has 0 unspecified atom stereocenters. The van der Waals surface area contributed by atoms with Crippen molar-refractivity contribution in [1.29, 1.82) is 5.26 Å². The van der Waals surface area contributed by atoms with Crippen LogP contribution < -0.4 is 0 Å². The van der Waals surface area contributed by atoms with Gasteiger partial charge in [-0.15, -0.1) is 0 Å². The van der Waals surface area contributed by atoms with E-state index in [4.69, 9.17) is 5.26 Å². The summed E-state index contributed by atoms with van der Waals surface area (Å²) in [6.07, 6.45) is 6.13. The number of likely N-dealkylation sites (tertiary alicyclic amines) is 1. The Kier molecular flexibility index (Phi) is 6.45. The van der Waals surface area contributed by atoms with Crippen LogP contribution in [0, 0.1) is 11.3 Å². The number of nitriles is 1. The van der Waals surface area contributed by atoms with Crippen molar-refractivity contribution in [3.8, 4) is 6.07 Å². The number of carbonyl (C=O) groups excluding carboxylic acids is 2. The topological polar surface area (TPSA) is 87.0 Å². The van der Waals surface area contributed by atoms with Crippen molar-refractivity contribution in [1.82, 2.24) is 14.9 Å². The highest BCUT2D eigenvalue weighted by Crippen LogP contribution is 2.32. The second kappa shape index (κ2) is 9.86. The Morgan fingerprint density at radius 3 is 2.51 bits per heavy atom. The van der Waals surface area contributed by atoms with Gasteiger partial charge in [-0.2, -0.15) is 5.26 Å². The molecule has 0 radical (unpaired) electrons. The van der Waals surface area contributed by atoms with Crippen molar-refractivity contribution in [3.05, 3.63) is 83.7 Å². The number of ketones is 1. The summed E-state index contributed by atoms with van der Waals surface area (Å²) in [5.41, 5.74) is 3.83. The van der Waals surface area contributed by atoms with E-state index in [2.05, 4.69) is 9.97 Å². The van der Waals surface area contributed by atoms with Gasteiger partial charge in [-0.05, 0) is 47.5 Å². The molecule has 184 valence electrons. The summed E-state index contributed by atoms with van der Waals surface area (Å²) in [6.45, 7) is -0.792. The summed E-state index contributed by atoms with van der Waals surface area (Å²) in [7, 11) is 0. The molecule has 37 heavy (non-hydrogen) atoms. The first-order chi connectivity index (χ1) is 17.8. The molecule has 1 amide bonds. The van der Waals surface area contributed by atoms with E-state index in [1.54, 1.807) is 18.3 Å². The predicted octanol–water partition coefficient (Wildman–Crippen LogP) is 5.68. The third kappa shape index (κ3) is 5.21. The van der Waals surface area contributed by atoms with E-state index >= 15 is 0 Å². The minimum Gasteiger partial charge on any atom is -0.320 e. The van der Waals surface area contributed by atoms with Gasteiger partial charge in [0.25, 0.3) is 5.92 Å². The molecule has 1 fully saturated rings. The molecule has 8 heteroatoms. The summed E-state index contributed by atoms with van der Waals surface area (Å²) in [5.74, 6) is -4.00. The Morgan fingerprint density at radius 1 is 1.00 bits per heavy atom. The lowest BCUT2D eigenvalue weighted by Crippen LogP contribution is -2.36. The number of aromatic nitrogens is 2. The van der Waals surface area contributed by atoms with Gasteiger partial charge in [-0.3, -0.25) is 19.6 Å². The van der Waals surface area contributed by atoms with Gasteiger partial charge in [0.2, 0.25) is 5.91 Å². The molecule has 0 spiro atoms. The molecule has 2 aromatic carbocycles. The molecular weight excluding hydrogens is 474 g/mol. The fourth-order valence-corrected chi connectivity index (χ4v) is 4.59. The molecule has 6 nitrogen and oxygen atoms in total. The highest BCUT2D eigenvalue weighted by Gasteiger charge is 2.47. The standard InChI is InChI=1S/C29H22F2N4O2/c30-29(31)16-22(17-32)35(18-29)28(37)10-9-27(36)23-11-13-34-26-8-6-20(15-24(23)26)4-3-19-5-7-25-21(14-19)2-1-12-33-25/h1-8,11-15,22H,9-10,16,18H2/b4-3+/t22-/m0/s1. The van der Waals surface area contributed by atoms with Crippen molar-refractivity contribution in [2.75, 3.05) is 6.54 Å². The molecule has 2 aromatic heterocycles. The van der Waals surface area contributed by atoms with Gasteiger partial charge in [0.15, 0.2) is 5.78 Å². The van der Waals surface area contributed by atoms with Crippen LogP contribution in [0.15, 0.2) is 67.0 Å². The highest BCUT2D eigenvalue weighted by atomic mass is 19.3. The Morgan fingerprint density at radius 2 is 1.73 bits per heavy atom. The van der Waals surface area contributed by atoms with Gasteiger partial charge in [-0.25, -0.2) is 8.78 Å². The molecule has 1 saturated heterocycles. The Bertz CT molecular complexity index is 1590. The number of fused-ring (bicyclic) bond motifs is 2. The van der Waals surface area contributed by atoms with E-state index in [0.717, 1.165) is 26.9 Å². The van der Waals surface area contributed by atoms with E-state index in [1.807, 2.05) is 60.7 Å². The number of carbonyl (C=O) groups is 2. The quantitative estimate of drug-likeness (QED) is 0.253. The van der Waals surface area contributed by atoms with E-state index in [-0.39, 0.29) is 18.6 Å². The molecule has 4 aromatic rings. The summed E-state index contributed by atoms with van der Waals surface area (Å²) in [4.78, 5) is 35.1. The van der Waals surface area contributed by atoms with Gasteiger partial charge >= 0.3 is 0 Å². The number of amides is 1. The average Bonchev–Trinajstić information content (AvgIpc) is 3.24. The maximum absolute atomic E-state index is 13.7. The van der Waals surface area contributed by atoms with Crippen LogP contribution in [0.25, 0.3) is 34.0 Å². The van der Waals surface area contributed by atoms with E-state index in [1.165, 1.54) is 6.20 Å². The summed E-state index contributed by atoms with van der Waals surface area (Å²) >= 11 is 0. The normalized spacial score (nSPS) is 16.9. The van der Waals surface area contributed by atoms with Crippen molar-refractivity contribution in [2.45, 2.75) is 31.2 Å². The smallest absolute Gasteiger partial charge is 0.268 e. The van der Waals surface area contributed by atoms with Crippen LogP contribution in [0.5, 0.6) is 0 Å². The van der Waals surface area contributed by atoms with E-state index < -0.39 is 30.8 Å². The van der Waals surface area contributed by atoms with Gasteiger partial charge in [-0.1, -0.05) is 30.4 Å². The van der Waals surface area contributed by atoms with Gasteiger partial charge in [0, 0.05) is 48.0 Å². The number of nitrogens with zero attached hydrogens (tertiary/aromatic N) is 4. The Balaban J connectivity index is 1.33. The molecule has 0 saturated carbocycles. The SMILES string of the molecule is N#C[C@@H]1CC(F)(F)CN1C(=O)CCC(=O)c1ccnc2ccc(/C=C/c3ccc4ncccc4c3)cc12. The number of hydrogen-bond acceptors (Lipinski definition) is 5. The van der Waals surface area contributed by atoms with Crippen LogP contribution in [0.1, 0.15) is 40.7 Å². The highest BCUT2D eigenvalue weighted by molar-refractivity contribution is 6.08. The number of hydrogen-bond donors (Lipinski definition) is 0. The van der Waals surface area contributed by atoms with Gasteiger partial charge in [0.1, 0.15) is 6.04 Å². The zero-order chi connectivity index (χ0) is 26.0. The van der Waals surface area contributed by atoms with Crippen molar-refractivity contribution in [2.24, 2.45) is 0 Å². The molecule has 3 heterocycles. The number of Topliss-reactive ketones (excluding diaryl/α,β-unsaturated/α-hetero) is 1. The number of pyridine rings is 2. The minimum absolute atomic E-state index is 0.149. The second-order valence-electron chi connectivity index (χ2n) is 9.07. The summed E-state index contributed by atoms with van der Waals surface area (Å²) in [6, 6.07) is 17.6. The Hall–Kier alpha value is -4.51. The third-order valence-corrected chi connectivity index (χ3v) is 6.47. The fraction of sp³-hybridized carbons (Fsp3) is 0.207. The van der Waals surface area contributed by atoms with Crippen LogP contribution in [-0.4, -0.2) is 45.1 Å². The summed E-state index contributed by atoms with van der Waals surface area (Å²) in [5, 5.41) is 10.8. The van der Waals surface area contributed by atoms with E-state index in [0.29, 0.717) is 16.5 Å². The lowest BCUT2D eigenvalue weighted by molar-refractivity contribution is -0.132. The first-order valence-corrected chi connectivity index (χ1v) is 11.8. The number of halogens is 2. The lowest BCUT2D eigenvalue weighted by atomic mass is 9.99. The maximum Gasteiger partial charge on any atom is 0.268 e. The van der Waals surface area contributed by atoms with Crippen LogP contribution in [0.4, 0.5) is 8.78 Å². The third-order valence-electron chi connectivity index (χ3n) is 6.47. The first-order valence-electron chi connectivity index (χ1n) is 11.8. The largest absolute Gasteiger partial charge is 0.320 e. The van der Waals surface area contributed by atoms with Gasteiger partial charge < -0.3 is 4.90 Å².